The largest absolute Gasteiger partial charge is 0.399 e. The minimum Gasteiger partial charge on any atom is -0.399 e. The second kappa shape index (κ2) is 8.03. The molecule has 1 rings (SSSR count). The number of halogens is 2. The monoisotopic (exact) mass is 444 g/mol. The first-order valence-corrected chi connectivity index (χ1v) is 10.3. The van der Waals surface area contributed by atoms with Gasteiger partial charge in [-0.2, -0.15) is 11.8 Å². The Morgan fingerprint density at radius 1 is 1.35 bits per heavy atom. The zero-order valence-corrected chi connectivity index (χ0v) is 16.1. The molecule has 20 heavy (non-hydrogen) atoms. The predicted octanol–water partition coefficient (Wildman–Crippen LogP) is 3.60. The van der Waals surface area contributed by atoms with Crippen molar-refractivity contribution in [3.8, 4) is 0 Å². The number of hydrogen-bond donors (Lipinski definition) is 2. The van der Waals surface area contributed by atoms with Crippen LogP contribution in [0.5, 0.6) is 0 Å². The molecule has 0 aliphatic rings. The molecule has 0 spiro atoms. The lowest BCUT2D eigenvalue weighted by atomic mass is 10.3. The molecule has 0 radical (unpaired) electrons. The van der Waals surface area contributed by atoms with E-state index in [0.29, 0.717) is 14.6 Å². The highest BCUT2D eigenvalue weighted by atomic mass is 79.9. The van der Waals surface area contributed by atoms with Gasteiger partial charge in [0.25, 0.3) is 0 Å². The first kappa shape index (κ1) is 18.3. The summed E-state index contributed by atoms with van der Waals surface area (Å²) >= 11 is 8.31. The first-order chi connectivity index (χ1) is 9.27. The standard InChI is InChI=1S/C12H18Br2N2O2S2/c1-3-19-5-4-8(2)16-20(17,18)12-10(13)6-9(15)7-11(12)14/h6-8,16H,3-5,15H2,1-2H3. The van der Waals surface area contributed by atoms with E-state index in [-0.39, 0.29) is 10.9 Å². The lowest BCUT2D eigenvalue weighted by Crippen LogP contribution is -2.33. The molecule has 0 amide bonds. The van der Waals surface area contributed by atoms with E-state index in [1.807, 2.05) is 6.92 Å². The van der Waals surface area contributed by atoms with Crippen LogP contribution < -0.4 is 10.5 Å². The Balaban J connectivity index is 2.89. The summed E-state index contributed by atoms with van der Waals surface area (Å²) < 4.78 is 28.4. The van der Waals surface area contributed by atoms with Crippen molar-refractivity contribution < 1.29 is 8.42 Å². The van der Waals surface area contributed by atoms with Crippen molar-refractivity contribution in [2.45, 2.75) is 31.2 Å². The van der Waals surface area contributed by atoms with E-state index in [4.69, 9.17) is 5.73 Å². The minimum atomic E-state index is -3.58. The van der Waals surface area contributed by atoms with Gasteiger partial charge in [-0.05, 0) is 68.8 Å². The molecule has 0 saturated carbocycles. The fourth-order valence-electron chi connectivity index (χ4n) is 1.62. The van der Waals surface area contributed by atoms with Gasteiger partial charge in [-0.15, -0.1) is 0 Å². The smallest absolute Gasteiger partial charge is 0.243 e. The normalized spacial score (nSPS) is 13.4. The molecule has 0 aliphatic carbocycles. The van der Waals surface area contributed by atoms with Gasteiger partial charge in [0, 0.05) is 20.7 Å². The fourth-order valence-corrected chi connectivity index (χ4v) is 6.33. The quantitative estimate of drug-likeness (QED) is 0.496. The van der Waals surface area contributed by atoms with Gasteiger partial charge in [-0.25, -0.2) is 13.1 Å². The molecule has 114 valence electrons. The van der Waals surface area contributed by atoms with Crippen LogP contribution in [0.15, 0.2) is 26.0 Å². The minimum absolute atomic E-state index is 0.115. The summed E-state index contributed by atoms with van der Waals surface area (Å²) in [6.07, 6.45) is 0.794. The maximum absolute atomic E-state index is 12.4. The third-order valence-electron chi connectivity index (χ3n) is 2.55. The van der Waals surface area contributed by atoms with Crippen LogP contribution in [0.25, 0.3) is 0 Å². The van der Waals surface area contributed by atoms with E-state index in [0.717, 1.165) is 17.9 Å². The number of sulfonamides is 1. The summed E-state index contributed by atoms with van der Waals surface area (Å²) in [5.74, 6) is 1.97. The van der Waals surface area contributed by atoms with Gasteiger partial charge in [0.05, 0.1) is 0 Å². The van der Waals surface area contributed by atoms with Crippen molar-refractivity contribution in [1.82, 2.24) is 4.72 Å². The number of hydrogen-bond acceptors (Lipinski definition) is 4. The molecule has 0 bridgehead atoms. The summed E-state index contributed by atoms with van der Waals surface area (Å²) in [5.41, 5.74) is 6.17. The molecule has 1 aromatic rings. The highest BCUT2D eigenvalue weighted by molar-refractivity contribution is 9.11. The lowest BCUT2D eigenvalue weighted by molar-refractivity contribution is 0.556. The number of thioether (sulfide) groups is 1. The highest BCUT2D eigenvalue weighted by Gasteiger charge is 2.23. The molecule has 1 unspecified atom stereocenters. The SMILES string of the molecule is CCSCCC(C)NS(=O)(=O)c1c(Br)cc(N)cc1Br. The Morgan fingerprint density at radius 2 is 1.90 bits per heavy atom. The van der Waals surface area contributed by atoms with Crippen molar-refractivity contribution in [2.75, 3.05) is 17.2 Å². The number of rotatable bonds is 7. The molecule has 1 atom stereocenters. The number of nitrogen functional groups attached to an aromatic ring is 1. The Labute approximate surface area is 141 Å². The average Bonchev–Trinajstić information content (AvgIpc) is 2.26. The molecule has 0 aliphatic heterocycles. The highest BCUT2D eigenvalue weighted by Crippen LogP contribution is 2.32. The summed E-state index contributed by atoms with van der Waals surface area (Å²) in [7, 11) is -3.58. The van der Waals surface area contributed by atoms with Crippen LogP contribution in [0, 0.1) is 0 Å². The topological polar surface area (TPSA) is 72.2 Å². The second-order valence-electron chi connectivity index (χ2n) is 4.32. The molecule has 8 heteroatoms. The van der Waals surface area contributed by atoms with Crippen LogP contribution in [-0.2, 0) is 10.0 Å². The molecule has 4 nitrogen and oxygen atoms in total. The number of anilines is 1. The van der Waals surface area contributed by atoms with Gasteiger partial charge in [0.2, 0.25) is 10.0 Å². The Bertz CT molecular complexity index is 542. The summed E-state index contributed by atoms with van der Waals surface area (Å²) in [4.78, 5) is 0.182. The van der Waals surface area contributed by atoms with Gasteiger partial charge >= 0.3 is 0 Å². The molecule has 3 N–H and O–H groups in total. The van der Waals surface area contributed by atoms with Gasteiger partial charge in [0.1, 0.15) is 4.90 Å². The van der Waals surface area contributed by atoms with E-state index in [2.05, 4.69) is 43.5 Å². The summed E-state index contributed by atoms with van der Waals surface area (Å²) in [6, 6.07) is 3.05. The van der Waals surface area contributed by atoms with Gasteiger partial charge in [0.15, 0.2) is 0 Å². The fraction of sp³-hybridized carbons (Fsp3) is 0.500. The van der Waals surface area contributed by atoms with Crippen molar-refractivity contribution in [3.05, 3.63) is 21.1 Å². The zero-order chi connectivity index (χ0) is 15.3. The molecule has 0 saturated heterocycles. The average molecular weight is 446 g/mol. The van der Waals surface area contributed by atoms with Crippen LogP contribution in [-0.4, -0.2) is 26.0 Å². The molecule has 0 heterocycles. The lowest BCUT2D eigenvalue weighted by Gasteiger charge is -2.16. The molecular formula is C12H18Br2N2O2S2. The van der Waals surface area contributed by atoms with E-state index in [1.54, 1.807) is 23.9 Å². The van der Waals surface area contributed by atoms with Crippen LogP contribution in [0.4, 0.5) is 5.69 Å². The van der Waals surface area contributed by atoms with Crippen LogP contribution in [0.3, 0.4) is 0 Å². The molecular weight excluding hydrogens is 428 g/mol. The first-order valence-electron chi connectivity index (χ1n) is 6.12. The summed E-state index contributed by atoms with van der Waals surface area (Å²) in [6.45, 7) is 3.95. The third-order valence-corrected chi connectivity index (χ3v) is 6.94. The van der Waals surface area contributed by atoms with E-state index in [9.17, 15) is 8.42 Å². The molecule has 0 aromatic heterocycles. The van der Waals surface area contributed by atoms with Gasteiger partial charge in [-0.3, -0.25) is 0 Å². The maximum atomic E-state index is 12.4. The third kappa shape index (κ3) is 5.22. The maximum Gasteiger partial charge on any atom is 0.243 e. The van der Waals surface area contributed by atoms with Crippen molar-refractivity contribution in [1.29, 1.82) is 0 Å². The van der Waals surface area contributed by atoms with Gasteiger partial charge < -0.3 is 5.73 Å². The number of nitrogens with one attached hydrogen (secondary N) is 1. The number of benzene rings is 1. The van der Waals surface area contributed by atoms with Crippen LogP contribution >= 0.6 is 43.6 Å². The second-order valence-corrected chi connectivity index (χ2v) is 9.07. The van der Waals surface area contributed by atoms with E-state index in [1.165, 1.54) is 0 Å². The van der Waals surface area contributed by atoms with Crippen LogP contribution in [0.2, 0.25) is 0 Å². The predicted molar refractivity (Wildman–Crippen MR) is 93.7 cm³/mol. The molecule has 0 fully saturated rings. The van der Waals surface area contributed by atoms with E-state index < -0.39 is 10.0 Å². The van der Waals surface area contributed by atoms with Crippen molar-refractivity contribution in [3.63, 3.8) is 0 Å². The Morgan fingerprint density at radius 3 is 2.40 bits per heavy atom. The zero-order valence-electron chi connectivity index (χ0n) is 11.3. The van der Waals surface area contributed by atoms with E-state index >= 15 is 0 Å². The Kier molecular flexibility index (Phi) is 7.34. The number of nitrogens with two attached hydrogens (primary N) is 1. The Hall–Kier alpha value is 0.240. The van der Waals surface area contributed by atoms with Crippen LogP contribution in [0.1, 0.15) is 20.3 Å². The summed E-state index contributed by atoms with van der Waals surface area (Å²) in [5, 5.41) is 0. The van der Waals surface area contributed by atoms with Crippen molar-refractivity contribution in [2.24, 2.45) is 0 Å². The van der Waals surface area contributed by atoms with Crippen molar-refractivity contribution >= 4 is 59.3 Å². The van der Waals surface area contributed by atoms with Gasteiger partial charge in [-0.1, -0.05) is 6.92 Å². The molecule has 1 aromatic carbocycles.